The van der Waals surface area contributed by atoms with Gasteiger partial charge in [-0.3, -0.25) is 0 Å². The maximum Gasteiger partial charge on any atom is 0.411 e. The first-order chi connectivity index (χ1) is 7.37. The molecular weight excluding hydrogens is 309 g/mol. The third-order valence-corrected chi connectivity index (χ3v) is 3.29. The number of alkyl halides is 3. The molecule has 16 heavy (non-hydrogen) atoms. The van der Waals surface area contributed by atoms with Gasteiger partial charge in [0.2, 0.25) is 0 Å². The molecule has 0 radical (unpaired) electrons. The Morgan fingerprint density at radius 2 is 2.12 bits per heavy atom. The summed E-state index contributed by atoms with van der Waals surface area (Å²) in [6.07, 6.45) is -4.95. The number of hydrogen-bond donors (Lipinski definition) is 1. The minimum Gasteiger partial charge on any atom is -0.390 e. The second-order valence-electron chi connectivity index (χ2n) is 3.19. The lowest BCUT2D eigenvalue weighted by Gasteiger charge is -2.11. The van der Waals surface area contributed by atoms with Crippen molar-refractivity contribution < 1.29 is 23.0 Å². The van der Waals surface area contributed by atoms with Gasteiger partial charge in [0.1, 0.15) is 6.61 Å². The topological polar surface area (TPSA) is 29.5 Å². The molecule has 0 amide bonds. The highest BCUT2D eigenvalue weighted by Crippen LogP contribution is 2.23. The fourth-order valence-corrected chi connectivity index (χ4v) is 2.62. The number of rotatable bonds is 5. The summed E-state index contributed by atoms with van der Waals surface area (Å²) in [5.74, 6) is 0. The van der Waals surface area contributed by atoms with E-state index in [0.29, 0.717) is 6.42 Å². The van der Waals surface area contributed by atoms with Crippen LogP contribution in [0.15, 0.2) is 15.9 Å². The molecule has 0 aliphatic carbocycles. The Labute approximate surface area is 103 Å². The number of halogens is 4. The number of aliphatic hydroxyl groups is 1. The minimum atomic E-state index is -4.34. The van der Waals surface area contributed by atoms with Gasteiger partial charge < -0.3 is 9.84 Å². The molecule has 0 fully saturated rings. The number of thiophene rings is 1. The van der Waals surface area contributed by atoms with Gasteiger partial charge in [-0.25, -0.2) is 0 Å². The van der Waals surface area contributed by atoms with Crippen LogP contribution in [0.25, 0.3) is 0 Å². The van der Waals surface area contributed by atoms with Crippen LogP contribution >= 0.6 is 27.3 Å². The van der Waals surface area contributed by atoms with Gasteiger partial charge in [-0.1, -0.05) is 0 Å². The van der Waals surface area contributed by atoms with Crippen molar-refractivity contribution in [2.24, 2.45) is 0 Å². The summed E-state index contributed by atoms with van der Waals surface area (Å²) < 4.78 is 40.5. The van der Waals surface area contributed by atoms with Crippen LogP contribution in [0.4, 0.5) is 13.2 Å². The second kappa shape index (κ2) is 6.00. The van der Waals surface area contributed by atoms with Crippen molar-refractivity contribution in [1.82, 2.24) is 0 Å². The molecule has 0 aliphatic heterocycles. The first-order valence-corrected chi connectivity index (χ1v) is 6.04. The summed E-state index contributed by atoms with van der Waals surface area (Å²) >= 11 is 4.69. The third kappa shape index (κ3) is 5.83. The standard InChI is InChI=1S/C9H10BrF3O2S/c10-8-2-1-7(16-8)3-6(14)4-15-5-9(11,12)13/h1-2,6,14H,3-5H2. The van der Waals surface area contributed by atoms with Crippen LogP contribution in [-0.4, -0.2) is 30.6 Å². The van der Waals surface area contributed by atoms with Crippen molar-refractivity contribution in [3.8, 4) is 0 Å². The van der Waals surface area contributed by atoms with Gasteiger partial charge in [0, 0.05) is 11.3 Å². The molecule has 0 saturated carbocycles. The maximum atomic E-state index is 11.7. The molecule has 1 aromatic rings. The van der Waals surface area contributed by atoms with E-state index in [1.807, 2.05) is 12.1 Å². The van der Waals surface area contributed by atoms with Crippen molar-refractivity contribution >= 4 is 27.3 Å². The molecule has 1 N–H and O–H groups in total. The Hall–Kier alpha value is -0.110. The lowest BCUT2D eigenvalue weighted by Crippen LogP contribution is -2.23. The first-order valence-electron chi connectivity index (χ1n) is 4.43. The van der Waals surface area contributed by atoms with Gasteiger partial charge in [-0.15, -0.1) is 11.3 Å². The average Bonchev–Trinajstić information content (AvgIpc) is 2.48. The van der Waals surface area contributed by atoms with Crippen molar-refractivity contribution in [2.45, 2.75) is 18.7 Å². The van der Waals surface area contributed by atoms with E-state index in [-0.39, 0.29) is 6.61 Å². The van der Waals surface area contributed by atoms with Gasteiger partial charge in [0.05, 0.1) is 16.5 Å². The normalized spacial score (nSPS) is 14.1. The molecule has 1 rings (SSSR count). The average molecular weight is 319 g/mol. The molecule has 1 heterocycles. The quantitative estimate of drug-likeness (QED) is 0.904. The van der Waals surface area contributed by atoms with Gasteiger partial charge in [0.25, 0.3) is 0 Å². The monoisotopic (exact) mass is 318 g/mol. The van der Waals surface area contributed by atoms with Crippen molar-refractivity contribution in [3.63, 3.8) is 0 Å². The van der Waals surface area contributed by atoms with E-state index in [1.165, 1.54) is 11.3 Å². The Morgan fingerprint density at radius 1 is 1.44 bits per heavy atom. The largest absolute Gasteiger partial charge is 0.411 e. The minimum absolute atomic E-state index is 0.300. The highest BCUT2D eigenvalue weighted by molar-refractivity contribution is 9.11. The Kier molecular flexibility index (Phi) is 5.23. The van der Waals surface area contributed by atoms with Gasteiger partial charge in [0.15, 0.2) is 0 Å². The Bertz CT molecular complexity index is 327. The molecule has 0 spiro atoms. The summed E-state index contributed by atoms with van der Waals surface area (Å²) in [4.78, 5) is 0.898. The number of hydrogen-bond acceptors (Lipinski definition) is 3. The lowest BCUT2D eigenvalue weighted by atomic mass is 10.2. The maximum absolute atomic E-state index is 11.7. The van der Waals surface area contributed by atoms with E-state index < -0.39 is 18.9 Å². The van der Waals surface area contributed by atoms with Crippen LogP contribution in [0.1, 0.15) is 4.88 Å². The highest BCUT2D eigenvalue weighted by atomic mass is 79.9. The van der Waals surface area contributed by atoms with Crippen LogP contribution in [0.2, 0.25) is 0 Å². The van der Waals surface area contributed by atoms with E-state index in [0.717, 1.165) is 8.66 Å². The molecule has 0 aliphatic rings. The molecule has 0 saturated heterocycles. The molecule has 0 aromatic carbocycles. The number of ether oxygens (including phenoxy) is 1. The predicted octanol–water partition coefficient (Wildman–Crippen LogP) is 2.99. The number of aliphatic hydroxyl groups excluding tert-OH is 1. The van der Waals surface area contributed by atoms with Crippen LogP contribution < -0.4 is 0 Å². The smallest absolute Gasteiger partial charge is 0.390 e. The Balaban J connectivity index is 2.23. The van der Waals surface area contributed by atoms with E-state index in [9.17, 15) is 18.3 Å². The van der Waals surface area contributed by atoms with Crippen LogP contribution in [-0.2, 0) is 11.2 Å². The van der Waals surface area contributed by atoms with E-state index >= 15 is 0 Å². The van der Waals surface area contributed by atoms with E-state index in [2.05, 4.69) is 20.7 Å². The molecule has 7 heteroatoms. The second-order valence-corrected chi connectivity index (χ2v) is 5.74. The molecule has 2 nitrogen and oxygen atoms in total. The van der Waals surface area contributed by atoms with Gasteiger partial charge >= 0.3 is 6.18 Å². The zero-order valence-corrected chi connectivity index (χ0v) is 10.5. The zero-order chi connectivity index (χ0) is 12.2. The molecule has 92 valence electrons. The summed E-state index contributed by atoms with van der Waals surface area (Å²) in [5, 5.41) is 9.41. The van der Waals surface area contributed by atoms with Crippen LogP contribution in [0.3, 0.4) is 0 Å². The van der Waals surface area contributed by atoms with Gasteiger partial charge in [-0.05, 0) is 28.1 Å². The molecular formula is C9H10BrF3O2S. The summed E-state index contributed by atoms with van der Waals surface area (Å²) in [6, 6.07) is 3.63. The van der Waals surface area contributed by atoms with Crippen molar-refractivity contribution in [2.75, 3.05) is 13.2 Å². The van der Waals surface area contributed by atoms with Crippen molar-refractivity contribution in [1.29, 1.82) is 0 Å². The zero-order valence-electron chi connectivity index (χ0n) is 8.13. The lowest BCUT2D eigenvalue weighted by molar-refractivity contribution is -0.178. The molecule has 1 atom stereocenters. The molecule has 1 unspecified atom stereocenters. The summed E-state index contributed by atoms with van der Waals surface area (Å²) in [5.41, 5.74) is 0. The third-order valence-electron chi connectivity index (χ3n) is 1.64. The highest BCUT2D eigenvalue weighted by Gasteiger charge is 2.27. The van der Waals surface area contributed by atoms with Crippen molar-refractivity contribution in [3.05, 3.63) is 20.8 Å². The van der Waals surface area contributed by atoms with E-state index in [1.54, 1.807) is 0 Å². The molecule has 0 bridgehead atoms. The van der Waals surface area contributed by atoms with Crippen LogP contribution in [0, 0.1) is 0 Å². The SMILES string of the molecule is OC(COCC(F)(F)F)Cc1ccc(Br)s1. The van der Waals surface area contributed by atoms with Gasteiger partial charge in [-0.2, -0.15) is 13.2 Å². The predicted molar refractivity (Wildman–Crippen MR) is 58.6 cm³/mol. The fourth-order valence-electron chi connectivity index (χ4n) is 1.06. The summed E-state index contributed by atoms with van der Waals surface area (Å²) in [6.45, 7) is -1.63. The fraction of sp³-hybridized carbons (Fsp3) is 0.556. The summed E-state index contributed by atoms with van der Waals surface area (Å²) in [7, 11) is 0. The first kappa shape index (κ1) is 14.0. The van der Waals surface area contributed by atoms with E-state index in [4.69, 9.17) is 0 Å². The Morgan fingerprint density at radius 3 is 2.62 bits per heavy atom. The van der Waals surface area contributed by atoms with Crippen LogP contribution in [0.5, 0.6) is 0 Å². The molecule has 1 aromatic heterocycles.